The average molecular weight is 894 g/mol. The van der Waals surface area contributed by atoms with Crippen molar-refractivity contribution in [1.82, 2.24) is 5.32 Å². The molecule has 372 valence electrons. The van der Waals surface area contributed by atoms with Crippen molar-refractivity contribution in [2.75, 3.05) is 13.2 Å². The number of amides is 1. The molecule has 0 bridgehead atoms. The van der Waals surface area contributed by atoms with Gasteiger partial charge in [0.1, 0.15) is 24.4 Å². The van der Waals surface area contributed by atoms with Gasteiger partial charge in [0.25, 0.3) is 0 Å². The number of rotatable bonds is 46. The Bertz CT molecular complexity index is 1040. The molecular formula is C54H103NO8. The van der Waals surface area contributed by atoms with Gasteiger partial charge in [-0.15, -0.1) is 0 Å². The van der Waals surface area contributed by atoms with E-state index in [1.807, 2.05) is 0 Å². The molecule has 1 fully saturated rings. The Kier molecular flexibility index (Phi) is 42.2. The molecule has 9 heteroatoms. The fraction of sp³-hybridized carbons (Fsp3) is 0.907. The minimum atomic E-state index is -1.55. The third kappa shape index (κ3) is 34.6. The Morgan fingerprint density at radius 2 is 0.984 bits per heavy atom. The zero-order valence-corrected chi connectivity index (χ0v) is 41.1. The van der Waals surface area contributed by atoms with Crippen LogP contribution in [-0.4, -0.2) is 87.5 Å². The smallest absolute Gasteiger partial charge is 0.220 e. The molecule has 7 atom stereocenters. The number of carbonyl (C=O) groups excluding carboxylic acids is 1. The molecule has 9 nitrogen and oxygen atoms in total. The standard InChI is InChI=1S/C54H103NO8/c1-3-5-7-9-11-13-15-17-19-21-23-24-26-28-30-32-34-36-38-40-42-44-50(58)55-47(46-62-54-53(61)52(60)51(59)49(45-56)63-54)48(57)43-41-39-37-35-33-31-29-27-25-22-20-18-16-14-12-10-8-6-4-2/h5,7,11,13,47-49,51-54,56-57,59-61H,3-4,6,8-10,12,14-46H2,1-2H3,(H,55,58)/b7-5-,13-11-. The Morgan fingerprint density at radius 1 is 0.556 bits per heavy atom. The van der Waals surface area contributed by atoms with Crippen LogP contribution >= 0.6 is 0 Å². The molecule has 0 spiro atoms. The molecule has 0 saturated carbocycles. The molecule has 1 aliphatic heterocycles. The number of aliphatic hydroxyl groups is 5. The molecular weight excluding hydrogens is 791 g/mol. The van der Waals surface area contributed by atoms with E-state index in [1.54, 1.807) is 0 Å². The first-order valence-corrected chi connectivity index (χ1v) is 27.0. The first-order chi connectivity index (χ1) is 30.8. The summed E-state index contributed by atoms with van der Waals surface area (Å²) in [5, 5.41) is 54.6. The van der Waals surface area contributed by atoms with Gasteiger partial charge in [-0.1, -0.05) is 237 Å². The van der Waals surface area contributed by atoms with Crippen LogP contribution in [0.25, 0.3) is 0 Å². The van der Waals surface area contributed by atoms with E-state index in [4.69, 9.17) is 9.47 Å². The number of carbonyl (C=O) groups is 1. The van der Waals surface area contributed by atoms with E-state index >= 15 is 0 Å². The lowest BCUT2D eigenvalue weighted by molar-refractivity contribution is -0.302. The van der Waals surface area contributed by atoms with E-state index in [-0.39, 0.29) is 12.5 Å². The summed E-state index contributed by atoms with van der Waals surface area (Å²) < 4.78 is 11.3. The van der Waals surface area contributed by atoms with Crippen molar-refractivity contribution >= 4 is 5.91 Å². The highest BCUT2D eigenvalue weighted by atomic mass is 16.7. The second kappa shape index (κ2) is 44.5. The maximum atomic E-state index is 13.0. The number of hydrogen-bond acceptors (Lipinski definition) is 8. The topological polar surface area (TPSA) is 149 Å². The van der Waals surface area contributed by atoms with Crippen molar-refractivity contribution in [3.8, 4) is 0 Å². The monoisotopic (exact) mass is 894 g/mol. The van der Waals surface area contributed by atoms with Crippen molar-refractivity contribution in [3.63, 3.8) is 0 Å². The van der Waals surface area contributed by atoms with Crippen LogP contribution in [-0.2, 0) is 14.3 Å². The summed E-state index contributed by atoms with van der Waals surface area (Å²) in [6.07, 6.45) is 47.6. The van der Waals surface area contributed by atoms with Gasteiger partial charge < -0.3 is 40.3 Å². The summed E-state index contributed by atoms with van der Waals surface area (Å²) in [6.45, 7) is 3.76. The Hall–Kier alpha value is -1.33. The van der Waals surface area contributed by atoms with Gasteiger partial charge in [0, 0.05) is 6.42 Å². The van der Waals surface area contributed by atoms with Crippen LogP contribution in [0, 0.1) is 0 Å². The molecule has 63 heavy (non-hydrogen) atoms. The van der Waals surface area contributed by atoms with Crippen molar-refractivity contribution < 1.29 is 39.8 Å². The van der Waals surface area contributed by atoms with Gasteiger partial charge in [0.05, 0.1) is 25.4 Å². The van der Waals surface area contributed by atoms with Gasteiger partial charge >= 0.3 is 0 Å². The number of aliphatic hydroxyl groups excluding tert-OH is 5. The summed E-state index contributed by atoms with van der Waals surface area (Å²) in [5.74, 6) is -0.142. The molecule has 1 heterocycles. The second-order valence-electron chi connectivity index (χ2n) is 19.0. The second-order valence-corrected chi connectivity index (χ2v) is 19.0. The van der Waals surface area contributed by atoms with Gasteiger partial charge in [-0.3, -0.25) is 4.79 Å². The van der Waals surface area contributed by atoms with Gasteiger partial charge in [-0.25, -0.2) is 0 Å². The molecule has 0 aromatic carbocycles. The summed E-state index contributed by atoms with van der Waals surface area (Å²) in [6, 6.07) is -0.717. The highest BCUT2D eigenvalue weighted by molar-refractivity contribution is 5.76. The first kappa shape index (κ1) is 59.7. The number of allylic oxidation sites excluding steroid dienone is 4. The molecule has 1 saturated heterocycles. The lowest BCUT2D eigenvalue weighted by Crippen LogP contribution is -2.60. The van der Waals surface area contributed by atoms with Crippen LogP contribution in [0.2, 0.25) is 0 Å². The number of unbranched alkanes of at least 4 members (excludes halogenated alkanes) is 32. The van der Waals surface area contributed by atoms with Gasteiger partial charge in [0.15, 0.2) is 6.29 Å². The molecule has 1 aliphatic rings. The molecule has 0 aromatic heterocycles. The van der Waals surface area contributed by atoms with Crippen molar-refractivity contribution in [2.45, 2.75) is 301 Å². The zero-order valence-electron chi connectivity index (χ0n) is 41.1. The highest BCUT2D eigenvalue weighted by Crippen LogP contribution is 2.23. The SMILES string of the molecule is CC/C=C\C/C=C\CCCCCCCCCCCCCCCCC(=O)NC(COC1OC(CO)C(O)C(O)C1O)C(O)CCCCCCCCCCCCCCCCCCCCC. The van der Waals surface area contributed by atoms with Crippen molar-refractivity contribution in [1.29, 1.82) is 0 Å². The summed E-state index contributed by atoms with van der Waals surface area (Å²) >= 11 is 0. The first-order valence-electron chi connectivity index (χ1n) is 27.0. The predicted molar refractivity (Wildman–Crippen MR) is 263 cm³/mol. The lowest BCUT2D eigenvalue weighted by Gasteiger charge is -2.40. The van der Waals surface area contributed by atoms with Crippen LogP contribution in [0.5, 0.6) is 0 Å². The molecule has 7 unspecified atom stereocenters. The molecule has 6 N–H and O–H groups in total. The number of hydrogen-bond donors (Lipinski definition) is 6. The summed E-state index contributed by atoms with van der Waals surface area (Å²) in [7, 11) is 0. The van der Waals surface area contributed by atoms with E-state index in [0.717, 1.165) is 51.4 Å². The van der Waals surface area contributed by atoms with E-state index in [1.165, 1.54) is 180 Å². The molecule has 0 radical (unpaired) electrons. The van der Waals surface area contributed by atoms with Gasteiger partial charge in [-0.05, 0) is 38.5 Å². The van der Waals surface area contributed by atoms with Crippen LogP contribution in [0.4, 0.5) is 0 Å². The normalized spacial score (nSPS) is 20.3. The fourth-order valence-corrected chi connectivity index (χ4v) is 8.79. The minimum absolute atomic E-state index is 0.135. The van der Waals surface area contributed by atoms with Crippen LogP contribution < -0.4 is 5.32 Å². The third-order valence-electron chi connectivity index (χ3n) is 13.1. The zero-order chi connectivity index (χ0) is 45.9. The fourth-order valence-electron chi connectivity index (χ4n) is 8.79. The Morgan fingerprint density at radius 3 is 1.44 bits per heavy atom. The van der Waals surface area contributed by atoms with Gasteiger partial charge in [0.2, 0.25) is 5.91 Å². The summed E-state index contributed by atoms with van der Waals surface area (Å²) in [4.78, 5) is 13.0. The lowest BCUT2D eigenvalue weighted by atomic mass is 9.99. The van der Waals surface area contributed by atoms with Crippen LogP contribution in [0.3, 0.4) is 0 Å². The van der Waals surface area contributed by atoms with E-state index in [2.05, 4.69) is 43.5 Å². The van der Waals surface area contributed by atoms with E-state index in [9.17, 15) is 30.3 Å². The average Bonchev–Trinajstić information content (AvgIpc) is 3.28. The summed E-state index contributed by atoms with van der Waals surface area (Å²) in [5.41, 5.74) is 0. The maximum Gasteiger partial charge on any atom is 0.220 e. The van der Waals surface area contributed by atoms with E-state index in [0.29, 0.717) is 12.8 Å². The minimum Gasteiger partial charge on any atom is -0.394 e. The molecule has 1 rings (SSSR count). The maximum absolute atomic E-state index is 13.0. The quantitative estimate of drug-likeness (QED) is 0.0261. The highest BCUT2D eigenvalue weighted by Gasteiger charge is 2.44. The molecule has 0 aliphatic carbocycles. The largest absolute Gasteiger partial charge is 0.394 e. The predicted octanol–water partition coefficient (Wildman–Crippen LogP) is 12.6. The van der Waals surface area contributed by atoms with Crippen LogP contribution in [0.15, 0.2) is 24.3 Å². The van der Waals surface area contributed by atoms with Gasteiger partial charge in [-0.2, -0.15) is 0 Å². The number of ether oxygens (including phenoxy) is 2. The Balaban J connectivity index is 2.23. The molecule has 0 aromatic rings. The van der Waals surface area contributed by atoms with Crippen molar-refractivity contribution in [2.24, 2.45) is 0 Å². The Labute approximate surface area is 388 Å². The van der Waals surface area contributed by atoms with Crippen LogP contribution in [0.1, 0.15) is 258 Å². The van der Waals surface area contributed by atoms with E-state index < -0.39 is 49.5 Å². The number of nitrogens with one attached hydrogen (secondary N) is 1. The molecule has 1 amide bonds. The van der Waals surface area contributed by atoms with Crippen molar-refractivity contribution in [3.05, 3.63) is 24.3 Å². The third-order valence-corrected chi connectivity index (χ3v) is 13.1.